The first-order chi connectivity index (χ1) is 13.7. The van der Waals surface area contributed by atoms with E-state index in [4.69, 9.17) is 11.6 Å². The second-order valence-corrected chi connectivity index (χ2v) is 8.61. The zero-order valence-corrected chi connectivity index (χ0v) is 17.0. The summed E-state index contributed by atoms with van der Waals surface area (Å²) in [5.41, 5.74) is -3.27. The lowest BCUT2D eigenvalue weighted by atomic mass is 10.1. The number of carbonyl (C=O) groups is 1. The minimum Gasteiger partial charge on any atom is -0.373 e. The highest BCUT2D eigenvalue weighted by Gasteiger charge is 2.55. The molecule has 2 rings (SSSR count). The van der Waals surface area contributed by atoms with E-state index in [0.29, 0.717) is 5.56 Å². The van der Waals surface area contributed by atoms with Gasteiger partial charge in [-0.25, -0.2) is 17.5 Å². The van der Waals surface area contributed by atoms with Crippen LogP contribution in [0.4, 0.5) is 23.2 Å². The fourth-order valence-electron chi connectivity index (χ4n) is 2.20. The van der Waals surface area contributed by atoms with Gasteiger partial charge in [-0.15, -0.1) is 0 Å². The number of hydrogen-bond acceptors (Lipinski definition) is 4. The van der Waals surface area contributed by atoms with E-state index in [2.05, 4.69) is 4.72 Å². The summed E-state index contributed by atoms with van der Waals surface area (Å²) in [7, 11) is -4.01. The van der Waals surface area contributed by atoms with Gasteiger partial charge in [0.2, 0.25) is 15.6 Å². The number of anilines is 1. The number of nitrogens with one attached hydrogen (secondary N) is 2. The molecule has 0 saturated heterocycles. The maximum absolute atomic E-state index is 12.9. The smallest absolute Gasteiger partial charge is 0.373 e. The highest BCUT2D eigenvalue weighted by molar-refractivity contribution is 7.89. The zero-order valence-electron chi connectivity index (χ0n) is 15.4. The van der Waals surface area contributed by atoms with E-state index in [1.54, 1.807) is 0 Å². The molecule has 30 heavy (non-hydrogen) atoms. The van der Waals surface area contributed by atoms with Crippen molar-refractivity contribution in [1.29, 1.82) is 0 Å². The van der Waals surface area contributed by atoms with Crippen LogP contribution in [0.5, 0.6) is 0 Å². The van der Waals surface area contributed by atoms with Gasteiger partial charge < -0.3 is 10.4 Å². The van der Waals surface area contributed by atoms with Gasteiger partial charge in [-0.2, -0.15) is 13.2 Å². The van der Waals surface area contributed by atoms with Gasteiger partial charge in [-0.3, -0.25) is 4.79 Å². The van der Waals surface area contributed by atoms with Crippen molar-refractivity contribution in [2.24, 2.45) is 0 Å². The van der Waals surface area contributed by atoms with E-state index in [-0.39, 0.29) is 35.5 Å². The summed E-state index contributed by atoms with van der Waals surface area (Å²) in [5, 5.41) is 10.8. The van der Waals surface area contributed by atoms with Crippen LogP contribution < -0.4 is 10.0 Å². The van der Waals surface area contributed by atoms with Crippen LogP contribution in [-0.2, 0) is 21.2 Å². The van der Waals surface area contributed by atoms with Crippen molar-refractivity contribution in [2.75, 3.05) is 11.9 Å². The topological polar surface area (TPSA) is 95.5 Å². The molecule has 0 bridgehead atoms. The van der Waals surface area contributed by atoms with E-state index in [0.717, 1.165) is 18.2 Å². The summed E-state index contributed by atoms with van der Waals surface area (Å²) >= 11 is 5.88. The number of carbonyl (C=O) groups excluding carboxylic acids is 1. The van der Waals surface area contributed by atoms with Crippen LogP contribution in [0.1, 0.15) is 12.5 Å². The van der Waals surface area contributed by atoms with Crippen LogP contribution in [0.3, 0.4) is 0 Å². The zero-order chi connectivity index (χ0) is 22.7. The van der Waals surface area contributed by atoms with Crippen LogP contribution in [0.15, 0.2) is 47.4 Å². The number of aliphatic hydroxyl groups is 1. The first-order valence-corrected chi connectivity index (χ1v) is 10.2. The first kappa shape index (κ1) is 24.1. The third-order valence-corrected chi connectivity index (χ3v) is 5.88. The van der Waals surface area contributed by atoms with Crippen molar-refractivity contribution in [3.8, 4) is 0 Å². The molecular weight excluding hydrogens is 452 g/mol. The largest absolute Gasteiger partial charge is 0.426 e. The summed E-state index contributed by atoms with van der Waals surface area (Å²) in [6, 6.07) is 8.48. The summed E-state index contributed by atoms with van der Waals surface area (Å²) in [4.78, 5) is 11.4. The second kappa shape index (κ2) is 8.88. The molecule has 0 saturated carbocycles. The molecule has 3 N–H and O–H groups in total. The summed E-state index contributed by atoms with van der Waals surface area (Å²) in [6.07, 6.45) is -4.94. The number of hydrogen-bond donors (Lipinski definition) is 3. The predicted octanol–water partition coefficient (Wildman–Crippen LogP) is 3.25. The number of amides is 1. The van der Waals surface area contributed by atoms with Crippen molar-refractivity contribution < 1.29 is 35.9 Å². The van der Waals surface area contributed by atoms with Crippen LogP contribution >= 0.6 is 11.6 Å². The molecule has 0 aliphatic rings. The molecule has 0 spiro atoms. The Morgan fingerprint density at radius 3 is 2.27 bits per heavy atom. The van der Waals surface area contributed by atoms with Gasteiger partial charge in [-0.05, 0) is 49.2 Å². The van der Waals surface area contributed by atoms with Crippen molar-refractivity contribution in [3.05, 3.63) is 58.9 Å². The number of sulfonamides is 1. The Bertz CT molecular complexity index is 1030. The van der Waals surface area contributed by atoms with Gasteiger partial charge in [0.1, 0.15) is 5.82 Å². The molecule has 12 heteroatoms. The van der Waals surface area contributed by atoms with Gasteiger partial charge >= 0.3 is 6.18 Å². The van der Waals surface area contributed by atoms with Crippen LogP contribution in [-0.4, -0.2) is 37.8 Å². The molecule has 0 aromatic heterocycles. The Kier molecular flexibility index (Phi) is 7.12. The number of benzene rings is 2. The van der Waals surface area contributed by atoms with Crippen LogP contribution in [0.2, 0.25) is 5.02 Å². The Balaban J connectivity index is 2.07. The van der Waals surface area contributed by atoms with Crippen molar-refractivity contribution in [3.63, 3.8) is 0 Å². The number of halogens is 5. The second-order valence-electron chi connectivity index (χ2n) is 6.44. The number of rotatable bonds is 7. The average Bonchev–Trinajstić information content (AvgIpc) is 2.63. The summed E-state index contributed by atoms with van der Waals surface area (Å²) in [6.45, 7) is 0.276. The molecule has 0 radical (unpaired) electrons. The Hall–Kier alpha value is -2.21. The van der Waals surface area contributed by atoms with Gasteiger partial charge in [0, 0.05) is 6.54 Å². The normalized spacial score (nSPS) is 14.2. The fraction of sp³-hybridized carbons (Fsp3) is 0.278. The van der Waals surface area contributed by atoms with E-state index in [1.165, 1.54) is 24.3 Å². The predicted molar refractivity (Wildman–Crippen MR) is 102 cm³/mol. The van der Waals surface area contributed by atoms with Crippen molar-refractivity contribution in [2.45, 2.75) is 30.0 Å². The molecule has 0 unspecified atom stereocenters. The molecule has 2 aromatic carbocycles. The summed E-state index contributed by atoms with van der Waals surface area (Å²) in [5.74, 6) is -2.19. The Morgan fingerprint density at radius 1 is 1.13 bits per heavy atom. The molecule has 1 atom stereocenters. The highest BCUT2D eigenvalue weighted by atomic mass is 35.5. The third kappa shape index (κ3) is 5.69. The first-order valence-electron chi connectivity index (χ1n) is 8.38. The van der Waals surface area contributed by atoms with Gasteiger partial charge in [0.25, 0.3) is 5.91 Å². The van der Waals surface area contributed by atoms with Crippen molar-refractivity contribution >= 4 is 33.2 Å². The van der Waals surface area contributed by atoms with Gasteiger partial charge in [-0.1, -0.05) is 23.7 Å². The molecular formula is C18H17ClF4N2O4S. The van der Waals surface area contributed by atoms with Gasteiger partial charge in [0.15, 0.2) is 0 Å². The molecule has 0 fully saturated rings. The monoisotopic (exact) mass is 468 g/mol. The van der Waals surface area contributed by atoms with E-state index < -0.39 is 33.5 Å². The molecule has 164 valence electrons. The Labute approximate surface area is 174 Å². The SMILES string of the molecule is C[C@@](O)(C(=O)Nc1ccc(S(=O)(=O)NCCc2ccc(F)cc2)cc1Cl)C(F)(F)F. The molecule has 2 aromatic rings. The van der Waals surface area contributed by atoms with Gasteiger partial charge in [0.05, 0.1) is 15.6 Å². The average molecular weight is 469 g/mol. The van der Waals surface area contributed by atoms with Crippen LogP contribution in [0.25, 0.3) is 0 Å². The minimum atomic E-state index is -5.22. The Morgan fingerprint density at radius 2 is 1.73 bits per heavy atom. The lowest BCUT2D eigenvalue weighted by Crippen LogP contribution is -2.52. The quantitative estimate of drug-likeness (QED) is 0.544. The standard InChI is InChI=1S/C18H17ClF4N2O4S/c1-17(27,18(21,22)23)16(26)25-15-7-6-13(10-14(15)19)30(28,29)24-9-8-11-2-4-12(20)5-3-11/h2-7,10,24,27H,8-9H2,1H3,(H,25,26)/t17-/m1/s1. The number of alkyl halides is 3. The fourth-order valence-corrected chi connectivity index (χ4v) is 3.55. The third-order valence-electron chi connectivity index (χ3n) is 4.11. The van der Waals surface area contributed by atoms with Crippen molar-refractivity contribution in [1.82, 2.24) is 4.72 Å². The lowest BCUT2D eigenvalue weighted by Gasteiger charge is -2.25. The maximum atomic E-state index is 12.9. The molecule has 0 heterocycles. The van der Waals surface area contributed by atoms with Crippen LogP contribution in [0, 0.1) is 5.82 Å². The molecule has 0 aliphatic heterocycles. The molecule has 0 aliphatic carbocycles. The minimum absolute atomic E-state index is 0.00147. The lowest BCUT2D eigenvalue weighted by molar-refractivity contribution is -0.242. The van der Waals surface area contributed by atoms with E-state index in [1.807, 2.05) is 5.32 Å². The van der Waals surface area contributed by atoms with E-state index >= 15 is 0 Å². The molecule has 1 amide bonds. The maximum Gasteiger partial charge on any atom is 0.426 e. The van der Waals surface area contributed by atoms with E-state index in [9.17, 15) is 35.9 Å². The molecule has 6 nitrogen and oxygen atoms in total. The summed E-state index contributed by atoms with van der Waals surface area (Å²) < 4.78 is 78.0. The highest BCUT2D eigenvalue weighted by Crippen LogP contribution is 2.32.